The van der Waals surface area contributed by atoms with Gasteiger partial charge in [0.05, 0.1) is 6.61 Å². The summed E-state index contributed by atoms with van der Waals surface area (Å²) in [5.74, 6) is 0.261. The standard InChI is InChI=1S/C11H16ClNO2/c1-7-3-10(12)4-9(11(7)15)5-13-8(2)6-14/h3-4,8,13-15H,5-6H2,1-2H3/t8-/m1/s1. The summed E-state index contributed by atoms with van der Waals surface area (Å²) in [7, 11) is 0. The number of aliphatic hydroxyl groups excluding tert-OH is 1. The fourth-order valence-corrected chi connectivity index (χ4v) is 1.58. The number of hydrogen-bond acceptors (Lipinski definition) is 3. The molecule has 0 bridgehead atoms. The molecule has 0 radical (unpaired) electrons. The highest BCUT2D eigenvalue weighted by Gasteiger charge is 2.07. The number of aryl methyl sites for hydroxylation is 1. The summed E-state index contributed by atoms with van der Waals surface area (Å²) in [4.78, 5) is 0. The molecule has 0 amide bonds. The van der Waals surface area contributed by atoms with Crippen LogP contribution in [0.25, 0.3) is 0 Å². The average molecular weight is 230 g/mol. The second-order valence-corrected chi connectivity index (χ2v) is 4.13. The second kappa shape index (κ2) is 5.35. The molecule has 1 aromatic carbocycles. The predicted octanol–water partition coefficient (Wildman–Crippen LogP) is 1.82. The Bertz CT molecular complexity index is 342. The number of hydrogen-bond donors (Lipinski definition) is 3. The molecule has 0 aliphatic rings. The zero-order chi connectivity index (χ0) is 11.4. The van der Waals surface area contributed by atoms with E-state index in [0.717, 1.165) is 11.1 Å². The Morgan fingerprint density at radius 3 is 2.73 bits per heavy atom. The molecule has 1 atom stereocenters. The minimum absolute atomic E-state index is 0.00341. The molecule has 84 valence electrons. The van der Waals surface area contributed by atoms with Crippen LogP contribution in [0.2, 0.25) is 5.02 Å². The van der Waals surface area contributed by atoms with Gasteiger partial charge >= 0.3 is 0 Å². The summed E-state index contributed by atoms with van der Waals surface area (Å²) >= 11 is 5.88. The van der Waals surface area contributed by atoms with Crippen molar-refractivity contribution in [1.82, 2.24) is 5.32 Å². The molecule has 1 rings (SSSR count). The van der Waals surface area contributed by atoms with Gasteiger partial charge < -0.3 is 15.5 Å². The van der Waals surface area contributed by atoms with Gasteiger partial charge in [0.2, 0.25) is 0 Å². The maximum Gasteiger partial charge on any atom is 0.123 e. The molecular weight excluding hydrogens is 214 g/mol. The van der Waals surface area contributed by atoms with Crippen LogP contribution in [0.1, 0.15) is 18.1 Å². The number of nitrogens with one attached hydrogen (secondary N) is 1. The molecule has 0 aromatic heterocycles. The van der Waals surface area contributed by atoms with Gasteiger partial charge in [-0.3, -0.25) is 0 Å². The van der Waals surface area contributed by atoms with Crippen LogP contribution in [0.4, 0.5) is 0 Å². The molecule has 0 saturated heterocycles. The predicted molar refractivity (Wildman–Crippen MR) is 61.2 cm³/mol. The highest BCUT2D eigenvalue weighted by molar-refractivity contribution is 6.30. The zero-order valence-corrected chi connectivity index (χ0v) is 9.67. The van der Waals surface area contributed by atoms with Gasteiger partial charge in [-0.1, -0.05) is 11.6 Å². The first kappa shape index (κ1) is 12.3. The SMILES string of the molecule is Cc1cc(Cl)cc(CN[C@H](C)CO)c1O. The zero-order valence-electron chi connectivity index (χ0n) is 8.92. The largest absolute Gasteiger partial charge is 0.507 e. The molecule has 0 unspecified atom stereocenters. The number of aromatic hydroxyl groups is 1. The molecular formula is C11H16ClNO2. The van der Waals surface area contributed by atoms with Gasteiger partial charge in [-0.05, 0) is 31.5 Å². The lowest BCUT2D eigenvalue weighted by Crippen LogP contribution is -2.28. The van der Waals surface area contributed by atoms with Gasteiger partial charge in [0.15, 0.2) is 0 Å². The van der Waals surface area contributed by atoms with Crippen LogP contribution in [-0.4, -0.2) is 22.9 Å². The van der Waals surface area contributed by atoms with Crippen LogP contribution in [0, 0.1) is 6.92 Å². The Morgan fingerprint density at radius 1 is 1.47 bits per heavy atom. The van der Waals surface area contributed by atoms with E-state index in [4.69, 9.17) is 16.7 Å². The summed E-state index contributed by atoms with van der Waals surface area (Å²) < 4.78 is 0. The highest BCUT2D eigenvalue weighted by Crippen LogP contribution is 2.26. The summed E-state index contributed by atoms with van der Waals surface area (Å²) in [6, 6.07) is 3.44. The Labute approximate surface area is 94.7 Å². The van der Waals surface area contributed by atoms with Gasteiger partial charge in [0.1, 0.15) is 5.75 Å². The Morgan fingerprint density at radius 2 is 2.13 bits per heavy atom. The Kier molecular flexibility index (Phi) is 4.39. The van der Waals surface area contributed by atoms with E-state index in [2.05, 4.69) is 5.32 Å². The average Bonchev–Trinajstić information content (AvgIpc) is 2.20. The lowest BCUT2D eigenvalue weighted by Gasteiger charge is -2.13. The molecule has 1 aromatic rings. The maximum atomic E-state index is 9.75. The van der Waals surface area contributed by atoms with Crippen molar-refractivity contribution < 1.29 is 10.2 Å². The monoisotopic (exact) mass is 229 g/mol. The minimum Gasteiger partial charge on any atom is -0.507 e. The van der Waals surface area contributed by atoms with E-state index in [1.54, 1.807) is 19.1 Å². The Hall–Kier alpha value is -0.770. The smallest absolute Gasteiger partial charge is 0.123 e. The lowest BCUT2D eigenvalue weighted by molar-refractivity contribution is 0.250. The van der Waals surface area contributed by atoms with E-state index in [1.807, 2.05) is 6.92 Å². The van der Waals surface area contributed by atoms with Gasteiger partial charge in [-0.2, -0.15) is 0 Å². The van der Waals surface area contributed by atoms with Crippen LogP contribution in [0.15, 0.2) is 12.1 Å². The van der Waals surface area contributed by atoms with E-state index >= 15 is 0 Å². The summed E-state index contributed by atoms with van der Waals surface area (Å²) in [6.45, 7) is 4.24. The molecule has 4 heteroatoms. The lowest BCUT2D eigenvalue weighted by atomic mass is 10.1. The van der Waals surface area contributed by atoms with Crippen molar-refractivity contribution in [3.63, 3.8) is 0 Å². The van der Waals surface area contributed by atoms with E-state index in [9.17, 15) is 5.11 Å². The van der Waals surface area contributed by atoms with Gasteiger partial charge in [0, 0.05) is 23.2 Å². The van der Waals surface area contributed by atoms with E-state index in [0.29, 0.717) is 11.6 Å². The van der Waals surface area contributed by atoms with Crippen molar-refractivity contribution in [3.05, 3.63) is 28.3 Å². The third kappa shape index (κ3) is 3.38. The molecule has 0 heterocycles. The maximum absolute atomic E-state index is 9.75. The van der Waals surface area contributed by atoms with E-state index in [-0.39, 0.29) is 18.4 Å². The van der Waals surface area contributed by atoms with E-state index < -0.39 is 0 Å². The second-order valence-electron chi connectivity index (χ2n) is 3.69. The third-order valence-electron chi connectivity index (χ3n) is 2.26. The molecule has 0 aliphatic carbocycles. The van der Waals surface area contributed by atoms with Crippen LogP contribution in [0.5, 0.6) is 5.75 Å². The van der Waals surface area contributed by atoms with Crippen LogP contribution >= 0.6 is 11.6 Å². The summed E-state index contributed by atoms with van der Waals surface area (Å²) in [6.07, 6.45) is 0. The fraction of sp³-hybridized carbons (Fsp3) is 0.455. The van der Waals surface area contributed by atoms with Gasteiger partial charge in [-0.25, -0.2) is 0 Å². The highest BCUT2D eigenvalue weighted by atomic mass is 35.5. The number of rotatable bonds is 4. The molecule has 0 spiro atoms. The van der Waals surface area contributed by atoms with Crippen molar-refractivity contribution >= 4 is 11.6 Å². The number of phenols is 1. The third-order valence-corrected chi connectivity index (χ3v) is 2.48. The van der Waals surface area contributed by atoms with Gasteiger partial charge in [-0.15, -0.1) is 0 Å². The van der Waals surface area contributed by atoms with E-state index in [1.165, 1.54) is 0 Å². The first-order chi connectivity index (χ1) is 7.04. The first-order valence-electron chi connectivity index (χ1n) is 4.86. The van der Waals surface area contributed by atoms with Crippen molar-refractivity contribution in [2.75, 3.05) is 6.61 Å². The molecule has 0 saturated carbocycles. The molecule has 0 fully saturated rings. The molecule has 15 heavy (non-hydrogen) atoms. The Balaban J connectivity index is 2.76. The van der Waals surface area contributed by atoms with Crippen molar-refractivity contribution in [3.8, 4) is 5.75 Å². The van der Waals surface area contributed by atoms with Gasteiger partial charge in [0.25, 0.3) is 0 Å². The topological polar surface area (TPSA) is 52.5 Å². The quantitative estimate of drug-likeness (QED) is 0.738. The number of phenolic OH excluding ortho intramolecular Hbond substituents is 1. The fourth-order valence-electron chi connectivity index (χ4n) is 1.29. The normalized spacial score (nSPS) is 12.8. The summed E-state index contributed by atoms with van der Waals surface area (Å²) in [5.41, 5.74) is 1.51. The van der Waals surface area contributed by atoms with Crippen LogP contribution < -0.4 is 5.32 Å². The molecule has 0 aliphatic heterocycles. The van der Waals surface area contributed by atoms with Crippen molar-refractivity contribution in [1.29, 1.82) is 0 Å². The van der Waals surface area contributed by atoms with Crippen molar-refractivity contribution in [2.24, 2.45) is 0 Å². The van der Waals surface area contributed by atoms with Crippen LogP contribution in [-0.2, 0) is 6.54 Å². The minimum atomic E-state index is 0.00341. The molecule has 3 N–H and O–H groups in total. The van der Waals surface area contributed by atoms with Crippen LogP contribution in [0.3, 0.4) is 0 Å². The first-order valence-corrected chi connectivity index (χ1v) is 5.24. The number of aliphatic hydroxyl groups is 1. The summed E-state index contributed by atoms with van der Waals surface area (Å²) in [5, 5.41) is 22.3. The number of halogens is 1. The van der Waals surface area contributed by atoms with Crippen molar-refractivity contribution in [2.45, 2.75) is 26.4 Å². The molecule has 3 nitrogen and oxygen atoms in total. The number of benzene rings is 1.